The fourth-order valence-electron chi connectivity index (χ4n) is 3.87. The smallest absolute Gasteiger partial charge is 0.480 e. The number of rotatable bonds is 11. The van der Waals surface area contributed by atoms with Crippen molar-refractivity contribution >= 4 is 40.7 Å². The van der Waals surface area contributed by atoms with E-state index >= 15 is 0 Å². The molecule has 1 aromatic heterocycles. The molecule has 1 atom stereocenters. The van der Waals surface area contributed by atoms with Crippen molar-refractivity contribution in [3.8, 4) is 22.8 Å². The first-order valence-corrected chi connectivity index (χ1v) is 14.6. The van der Waals surface area contributed by atoms with E-state index in [0.29, 0.717) is 22.2 Å². The number of carboxylic acid groups (broad SMARTS) is 1. The summed E-state index contributed by atoms with van der Waals surface area (Å²) in [5.74, 6) is -1.62. The zero-order chi connectivity index (χ0) is 33.3. The highest BCUT2D eigenvalue weighted by Gasteiger charge is 2.31. The van der Waals surface area contributed by atoms with Crippen LogP contribution in [-0.4, -0.2) is 67.8 Å². The summed E-state index contributed by atoms with van der Waals surface area (Å²) in [5.41, 5.74) is 12.8. The number of aryl methyl sites for hydroxylation is 2. The van der Waals surface area contributed by atoms with Crippen LogP contribution in [0.15, 0.2) is 83.2 Å². The number of hydrogen-bond acceptors (Lipinski definition) is 9. The number of thioether (sulfide) groups is 1. The van der Waals surface area contributed by atoms with E-state index in [1.165, 1.54) is 35.3 Å². The average molecular weight is 655 g/mol. The van der Waals surface area contributed by atoms with Crippen LogP contribution in [0.2, 0.25) is 0 Å². The van der Waals surface area contributed by atoms with Gasteiger partial charge < -0.3 is 20.9 Å². The number of carbonyl (C=O) groups is 2. The van der Waals surface area contributed by atoms with Crippen LogP contribution in [0.1, 0.15) is 16.7 Å². The fourth-order valence-corrected chi connectivity index (χ4v) is 4.51. The molecule has 3 aromatic carbocycles. The number of ether oxygens (including phenoxy) is 1. The Kier molecular flexibility index (Phi) is 11.1. The van der Waals surface area contributed by atoms with Crippen molar-refractivity contribution in [3.63, 3.8) is 0 Å². The summed E-state index contributed by atoms with van der Waals surface area (Å²) < 4.78 is 42.6. The number of halogens is 3. The van der Waals surface area contributed by atoms with E-state index in [2.05, 4.69) is 35.7 Å². The lowest BCUT2D eigenvalue weighted by Gasteiger charge is -2.10. The standard InChI is InChI=1S/C30H29F3N8O4S/c1-18-4-3-5-19(2)26(18)38-29(46-16-25(42)35-15-24(34)28(43)44)39-37-14-20-6-8-21(9-7-20)27-36-17-41(40-27)22-10-12-23(13-11-22)45-30(31,32)33/h3-14,17,24H,15-16,34H2,1-2H3,(H,35,42)(H,38,39)(H,43,44)/b37-14-. The second-order valence-electron chi connectivity index (χ2n) is 9.74. The van der Waals surface area contributed by atoms with Gasteiger partial charge in [0.15, 0.2) is 11.0 Å². The molecule has 46 heavy (non-hydrogen) atoms. The van der Waals surface area contributed by atoms with Gasteiger partial charge in [0.1, 0.15) is 18.1 Å². The van der Waals surface area contributed by atoms with Gasteiger partial charge in [-0.1, -0.05) is 54.2 Å². The highest BCUT2D eigenvalue weighted by molar-refractivity contribution is 8.14. The van der Waals surface area contributed by atoms with E-state index < -0.39 is 24.3 Å². The summed E-state index contributed by atoms with van der Waals surface area (Å²) in [5, 5.41) is 20.4. The van der Waals surface area contributed by atoms with E-state index in [4.69, 9.17) is 10.8 Å². The van der Waals surface area contributed by atoms with Gasteiger partial charge in [-0.05, 0) is 54.8 Å². The van der Waals surface area contributed by atoms with E-state index in [0.717, 1.165) is 34.1 Å². The lowest BCUT2D eigenvalue weighted by atomic mass is 10.1. The molecule has 0 saturated carbocycles. The van der Waals surface area contributed by atoms with Gasteiger partial charge in [0.05, 0.1) is 23.3 Å². The predicted molar refractivity (Wildman–Crippen MR) is 168 cm³/mol. The number of para-hydroxylation sites is 1. The van der Waals surface area contributed by atoms with E-state index in [-0.39, 0.29) is 18.0 Å². The Morgan fingerprint density at radius 2 is 1.76 bits per heavy atom. The number of nitrogens with zero attached hydrogens (tertiary/aromatic N) is 5. The Morgan fingerprint density at radius 1 is 1.09 bits per heavy atom. The number of hydrazone groups is 1. The summed E-state index contributed by atoms with van der Waals surface area (Å²) in [7, 11) is 0. The number of hydrogen-bond donors (Lipinski definition) is 4. The molecule has 12 nitrogen and oxygen atoms in total. The van der Waals surface area contributed by atoms with Crippen LogP contribution in [0.25, 0.3) is 17.1 Å². The normalized spacial score (nSPS) is 12.6. The number of nitrogens with one attached hydrogen (secondary N) is 2. The van der Waals surface area contributed by atoms with Crippen molar-refractivity contribution in [1.29, 1.82) is 0 Å². The van der Waals surface area contributed by atoms with Crippen molar-refractivity contribution < 1.29 is 32.6 Å². The molecule has 5 N–H and O–H groups in total. The first kappa shape index (κ1) is 33.7. The Labute approximate surface area is 265 Å². The van der Waals surface area contributed by atoms with Crippen LogP contribution in [0.4, 0.5) is 18.9 Å². The van der Waals surface area contributed by atoms with Gasteiger partial charge >= 0.3 is 12.3 Å². The van der Waals surface area contributed by atoms with Crippen molar-refractivity contribution in [3.05, 3.63) is 89.7 Å². The van der Waals surface area contributed by atoms with Crippen LogP contribution < -0.4 is 21.2 Å². The number of aliphatic carboxylic acids is 1. The highest BCUT2D eigenvalue weighted by Crippen LogP contribution is 2.25. The monoisotopic (exact) mass is 654 g/mol. The van der Waals surface area contributed by atoms with Crippen molar-refractivity contribution in [2.45, 2.75) is 26.3 Å². The van der Waals surface area contributed by atoms with Crippen LogP contribution in [0, 0.1) is 13.8 Å². The van der Waals surface area contributed by atoms with E-state index in [9.17, 15) is 22.8 Å². The first-order valence-electron chi connectivity index (χ1n) is 13.6. The zero-order valence-electron chi connectivity index (χ0n) is 24.5. The topological polar surface area (TPSA) is 169 Å². The SMILES string of the molecule is Cc1cccc(C)c1N=C(N/N=C\c1ccc(-c2ncn(-c3ccc(OC(F)(F)F)cc3)n2)cc1)SCC(=O)NCC(N)C(=O)O. The third-order valence-corrected chi connectivity index (χ3v) is 7.06. The Morgan fingerprint density at radius 3 is 2.39 bits per heavy atom. The molecule has 0 bridgehead atoms. The number of carbonyl (C=O) groups excluding carboxylic acids is 1. The minimum absolute atomic E-state index is 0.0571. The summed E-state index contributed by atoms with van der Waals surface area (Å²) in [6, 6.07) is 16.9. The fraction of sp³-hybridized carbons (Fsp3) is 0.200. The van der Waals surface area contributed by atoms with Crippen LogP contribution in [0.5, 0.6) is 5.75 Å². The van der Waals surface area contributed by atoms with Crippen molar-refractivity contribution in [2.24, 2.45) is 15.8 Å². The molecular weight excluding hydrogens is 625 g/mol. The summed E-state index contributed by atoms with van der Waals surface area (Å²) in [6.45, 7) is 3.63. The third kappa shape index (κ3) is 9.90. The quantitative estimate of drug-likeness (QED) is 0.105. The van der Waals surface area contributed by atoms with Crippen LogP contribution in [0.3, 0.4) is 0 Å². The summed E-state index contributed by atoms with van der Waals surface area (Å²) >= 11 is 1.09. The molecule has 1 heterocycles. The van der Waals surface area contributed by atoms with Crippen molar-refractivity contribution in [1.82, 2.24) is 25.5 Å². The third-order valence-electron chi connectivity index (χ3n) is 6.20. The second kappa shape index (κ2) is 15.2. The number of alkyl halides is 3. The maximum atomic E-state index is 12.4. The maximum absolute atomic E-state index is 12.4. The highest BCUT2D eigenvalue weighted by atomic mass is 32.2. The van der Waals surface area contributed by atoms with Gasteiger partial charge in [-0.25, -0.2) is 14.7 Å². The summed E-state index contributed by atoms with van der Waals surface area (Å²) in [4.78, 5) is 32.1. The minimum Gasteiger partial charge on any atom is -0.480 e. The predicted octanol–water partition coefficient (Wildman–Crippen LogP) is 4.32. The second-order valence-corrected chi connectivity index (χ2v) is 10.7. The van der Waals surface area contributed by atoms with Gasteiger partial charge in [0, 0.05) is 12.1 Å². The molecule has 4 aromatic rings. The number of carboxylic acids is 1. The number of benzene rings is 3. The molecule has 0 aliphatic rings. The zero-order valence-corrected chi connectivity index (χ0v) is 25.3. The van der Waals surface area contributed by atoms with Crippen LogP contribution in [-0.2, 0) is 9.59 Å². The van der Waals surface area contributed by atoms with E-state index in [1.54, 1.807) is 30.5 Å². The molecular formula is C30H29F3N8O4S. The molecule has 0 radical (unpaired) electrons. The maximum Gasteiger partial charge on any atom is 0.573 e. The molecule has 0 aliphatic heterocycles. The van der Waals surface area contributed by atoms with Crippen molar-refractivity contribution in [2.75, 3.05) is 12.3 Å². The van der Waals surface area contributed by atoms with Gasteiger partial charge in [0.25, 0.3) is 0 Å². The van der Waals surface area contributed by atoms with Gasteiger partial charge in [-0.2, -0.15) is 5.10 Å². The van der Waals surface area contributed by atoms with Gasteiger partial charge in [-0.3, -0.25) is 15.0 Å². The molecule has 0 spiro atoms. The molecule has 1 unspecified atom stereocenters. The number of aliphatic imine (C=N–C) groups is 1. The molecule has 16 heteroatoms. The molecule has 4 rings (SSSR count). The Balaban J connectivity index is 1.41. The van der Waals surface area contributed by atoms with Gasteiger partial charge in [-0.15, -0.1) is 18.3 Å². The molecule has 0 saturated heterocycles. The summed E-state index contributed by atoms with van der Waals surface area (Å²) in [6.07, 6.45) is -1.76. The minimum atomic E-state index is -4.77. The number of amidine groups is 1. The molecule has 0 aliphatic carbocycles. The Hall–Kier alpha value is -5.22. The van der Waals surface area contributed by atoms with E-state index in [1.807, 2.05) is 32.0 Å². The lowest BCUT2D eigenvalue weighted by Crippen LogP contribution is -2.43. The molecule has 0 fully saturated rings. The number of nitrogens with two attached hydrogens (primary N) is 1. The largest absolute Gasteiger partial charge is 0.573 e. The molecule has 240 valence electrons. The number of aromatic nitrogens is 3. The lowest BCUT2D eigenvalue weighted by molar-refractivity contribution is -0.274. The Bertz CT molecular complexity index is 1710. The molecule has 1 amide bonds. The first-order chi connectivity index (χ1) is 21.9. The van der Waals surface area contributed by atoms with Crippen LogP contribution >= 0.6 is 11.8 Å². The average Bonchev–Trinajstić information content (AvgIpc) is 3.50. The van der Waals surface area contributed by atoms with Gasteiger partial charge in [0.2, 0.25) is 5.91 Å². The number of amides is 1.